The number of aryl methyl sites for hydroxylation is 1. The molecule has 0 radical (unpaired) electrons. The monoisotopic (exact) mass is 524 g/mol. The minimum absolute atomic E-state index is 0.0964. The summed E-state index contributed by atoms with van der Waals surface area (Å²) < 4.78 is 35.4. The number of nitrogens with zero attached hydrogens (tertiary/aromatic N) is 4. The highest BCUT2D eigenvalue weighted by Crippen LogP contribution is 2.43. The number of aromatic nitrogens is 3. The van der Waals surface area contributed by atoms with Crippen LogP contribution in [0.1, 0.15) is 67.9 Å². The zero-order chi connectivity index (χ0) is 26.6. The van der Waals surface area contributed by atoms with Crippen LogP contribution in [0.4, 0.5) is 14.5 Å². The lowest BCUT2D eigenvalue weighted by Gasteiger charge is -2.33. The van der Waals surface area contributed by atoms with Crippen LogP contribution in [0, 0.1) is 18.6 Å². The summed E-state index contributed by atoms with van der Waals surface area (Å²) in [6.07, 6.45) is 2.78. The van der Waals surface area contributed by atoms with Crippen LogP contribution in [0.15, 0.2) is 40.9 Å². The molecule has 200 valence electrons. The van der Waals surface area contributed by atoms with E-state index in [1.54, 1.807) is 4.90 Å². The van der Waals surface area contributed by atoms with Gasteiger partial charge in [0.25, 0.3) is 0 Å². The fraction of sp³-hybridized carbons (Fsp3) is 0.429. The van der Waals surface area contributed by atoms with Crippen LogP contribution in [0.2, 0.25) is 0 Å². The van der Waals surface area contributed by atoms with Gasteiger partial charge in [0.15, 0.2) is 17.4 Å². The fourth-order valence-corrected chi connectivity index (χ4v) is 6.15. The largest absolute Gasteiger partial charge is 0.393 e. The number of fused-ring (bicyclic) bond motifs is 1. The molecule has 3 N–H and O–H groups in total. The van der Waals surface area contributed by atoms with E-state index in [-0.39, 0.29) is 24.8 Å². The molecule has 10 heteroatoms. The van der Waals surface area contributed by atoms with E-state index >= 15 is 0 Å². The minimum atomic E-state index is -0.969. The highest BCUT2D eigenvalue weighted by Gasteiger charge is 2.38. The Kier molecular flexibility index (Phi) is 6.41. The molecule has 8 nitrogen and oxygen atoms in total. The van der Waals surface area contributed by atoms with Gasteiger partial charge in [-0.1, -0.05) is 11.2 Å². The summed E-state index contributed by atoms with van der Waals surface area (Å²) in [6, 6.07) is 9.30. The molecule has 1 aliphatic carbocycles. The van der Waals surface area contributed by atoms with Gasteiger partial charge in [0.1, 0.15) is 18.7 Å². The van der Waals surface area contributed by atoms with Gasteiger partial charge in [-0.05, 0) is 75.3 Å². The van der Waals surface area contributed by atoms with Gasteiger partial charge in [-0.25, -0.2) is 13.8 Å². The van der Waals surface area contributed by atoms with Crippen LogP contribution < -0.4 is 4.90 Å². The van der Waals surface area contributed by atoms with Crippen LogP contribution in [0.5, 0.6) is 0 Å². The van der Waals surface area contributed by atoms with Gasteiger partial charge in [-0.3, -0.25) is 0 Å². The molecule has 2 fully saturated rings. The van der Waals surface area contributed by atoms with Crippen molar-refractivity contribution in [2.24, 2.45) is 0 Å². The number of hydrogen-bond acceptors (Lipinski definition) is 7. The minimum Gasteiger partial charge on any atom is -0.393 e. The molecule has 2 aromatic heterocycles. The lowest BCUT2D eigenvalue weighted by Crippen LogP contribution is -2.33. The third-order valence-electron chi connectivity index (χ3n) is 7.97. The molecule has 1 saturated heterocycles. The summed E-state index contributed by atoms with van der Waals surface area (Å²) in [5.74, 6) is -0.787. The first-order chi connectivity index (χ1) is 18.4. The summed E-state index contributed by atoms with van der Waals surface area (Å²) in [6.45, 7) is 1.54. The van der Waals surface area contributed by atoms with Gasteiger partial charge >= 0.3 is 0 Å². The van der Waals surface area contributed by atoms with E-state index in [0.717, 1.165) is 53.0 Å². The molecule has 6 rings (SSSR count). The van der Waals surface area contributed by atoms with Crippen molar-refractivity contribution in [1.29, 1.82) is 0 Å². The maximum atomic E-state index is 14.2. The number of anilines is 1. The second-order valence-electron chi connectivity index (χ2n) is 10.3. The molecule has 2 aromatic carbocycles. The first-order valence-electron chi connectivity index (χ1n) is 13.0. The zero-order valence-corrected chi connectivity index (χ0v) is 21.0. The van der Waals surface area contributed by atoms with E-state index in [2.05, 4.69) is 9.72 Å². The third-order valence-corrected chi connectivity index (χ3v) is 7.97. The van der Waals surface area contributed by atoms with E-state index in [1.165, 1.54) is 6.07 Å². The number of imidazole rings is 1. The Hall–Kier alpha value is -3.34. The summed E-state index contributed by atoms with van der Waals surface area (Å²) in [7, 11) is 0. The molecular formula is C28H30F2N4O4. The maximum absolute atomic E-state index is 14.2. The molecule has 1 unspecified atom stereocenters. The van der Waals surface area contributed by atoms with Crippen LogP contribution in [0.3, 0.4) is 0 Å². The van der Waals surface area contributed by atoms with Crippen molar-refractivity contribution in [1.82, 2.24) is 14.7 Å². The topological polar surface area (TPSA) is 108 Å². The van der Waals surface area contributed by atoms with Gasteiger partial charge in [0.05, 0.1) is 34.4 Å². The van der Waals surface area contributed by atoms with Crippen molar-refractivity contribution >= 4 is 16.7 Å². The highest BCUT2D eigenvalue weighted by atomic mass is 19.2. The van der Waals surface area contributed by atoms with Crippen molar-refractivity contribution in [3.8, 4) is 11.1 Å². The fourth-order valence-electron chi connectivity index (χ4n) is 6.15. The molecule has 0 spiro atoms. The second kappa shape index (κ2) is 9.76. The lowest BCUT2D eigenvalue weighted by atomic mass is 9.92. The van der Waals surface area contributed by atoms with Crippen LogP contribution in [-0.4, -0.2) is 42.4 Å². The Labute approximate surface area is 218 Å². The number of aliphatic hydroxyl groups is 3. The number of halogens is 2. The number of aliphatic hydroxyl groups excluding tert-OH is 3. The van der Waals surface area contributed by atoms with E-state index < -0.39 is 17.9 Å². The number of hydrogen-bond donors (Lipinski definition) is 3. The number of rotatable bonds is 5. The molecule has 38 heavy (non-hydrogen) atoms. The molecule has 0 amide bonds. The average molecular weight is 525 g/mol. The van der Waals surface area contributed by atoms with Crippen LogP contribution in [-0.2, 0) is 6.61 Å². The SMILES string of the molecule is Cc1noc(CO)c1-c1ccc2c(c1)nc([C@@H]1CCC(O)N1c1ccc(F)c(F)c1)n2[C@H]1CC[C@H](O)CC1. The Morgan fingerprint density at radius 1 is 0.974 bits per heavy atom. The van der Waals surface area contributed by atoms with Gasteiger partial charge < -0.3 is 29.3 Å². The van der Waals surface area contributed by atoms with Gasteiger partial charge in [0.2, 0.25) is 0 Å². The summed E-state index contributed by atoms with van der Waals surface area (Å²) >= 11 is 0. The van der Waals surface area contributed by atoms with Gasteiger partial charge in [-0.2, -0.15) is 0 Å². The van der Waals surface area contributed by atoms with E-state index in [4.69, 9.17) is 9.51 Å². The smallest absolute Gasteiger partial charge is 0.170 e. The van der Waals surface area contributed by atoms with E-state index in [0.29, 0.717) is 42.8 Å². The quantitative estimate of drug-likeness (QED) is 0.341. The lowest BCUT2D eigenvalue weighted by molar-refractivity contribution is 0.110. The summed E-state index contributed by atoms with van der Waals surface area (Å²) in [5, 5.41) is 34.8. The first kappa shape index (κ1) is 25.0. The Morgan fingerprint density at radius 2 is 1.76 bits per heavy atom. The molecule has 2 aliphatic rings. The van der Waals surface area contributed by atoms with Gasteiger partial charge in [-0.15, -0.1) is 0 Å². The van der Waals surface area contributed by atoms with Crippen molar-refractivity contribution in [2.45, 2.75) is 76.5 Å². The Balaban J connectivity index is 1.49. The molecule has 1 aliphatic heterocycles. The standard InChI is InChI=1S/C28H30F2N4O4/c1-15-27(25(14-35)38-32-15)16-2-9-23-22(12-16)31-28(34(23)17-3-6-19(36)7-4-17)24-10-11-26(37)33(24)18-5-8-20(29)21(30)13-18/h2,5,8-9,12-13,17,19,24,26,35-37H,3-4,6-7,10-11,14H2,1H3/t17-,19-,24-,26?/m0/s1. The van der Waals surface area contributed by atoms with Crippen LogP contribution in [0.25, 0.3) is 22.2 Å². The Bertz CT molecular complexity index is 1480. The normalized spacial score (nSPS) is 24.0. The molecule has 4 aromatic rings. The molecule has 2 atom stereocenters. The predicted molar refractivity (Wildman–Crippen MR) is 136 cm³/mol. The maximum Gasteiger partial charge on any atom is 0.170 e. The predicted octanol–water partition coefficient (Wildman–Crippen LogP) is 4.91. The molecular weight excluding hydrogens is 494 g/mol. The van der Waals surface area contributed by atoms with E-state index in [9.17, 15) is 24.1 Å². The van der Waals surface area contributed by atoms with Crippen LogP contribution >= 0.6 is 0 Å². The third kappa shape index (κ3) is 4.16. The second-order valence-corrected chi connectivity index (χ2v) is 10.3. The molecule has 0 bridgehead atoms. The average Bonchev–Trinajstić information content (AvgIpc) is 3.60. The molecule has 1 saturated carbocycles. The van der Waals surface area contributed by atoms with Gasteiger partial charge in [0, 0.05) is 17.8 Å². The van der Waals surface area contributed by atoms with Crippen molar-refractivity contribution in [2.75, 3.05) is 4.90 Å². The summed E-state index contributed by atoms with van der Waals surface area (Å²) in [4.78, 5) is 6.78. The Morgan fingerprint density at radius 3 is 2.50 bits per heavy atom. The zero-order valence-electron chi connectivity index (χ0n) is 21.0. The van der Waals surface area contributed by atoms with Crippen molar-refractivity contribution < 1.29 is 28.6 Å². The van der Waals surface area contributed by atoms with Crippen molar-refractivity contribution in [3.05, 3.63) is 65.3 Å². The van der Waals surface area contributed by atoms with Crippen molar-refractivity contribution in [3.63, 3.8) is 0 Å². The molecule has 3 heterocycles. The first-order valence-corrected chi connectivity index (χ1v) is 13.0. The van der Waals surface area contributed by atoms with E-state index in [1.807, 2.05) is 25.1 Å². The summed E-state index contributed by atoms with van der Waals surface area (Å²) in [5.41, 5.74) is 4.25. The highest BCUT2D eigenvalue weighted by molar-refractivity contribution is 5.84. The number of benzene rings is 2.